The molecule has 0 heterocycles. The second-order valence-electron chi connectivity index (χ2n) is 1.55. The molecule has 0 aromatic rings. The molecule has 2 unspecified atom stereocenters. The van der Waals surface area contributed by atoms with E-state index in [9.17, 15) is 9.81 Å². The van der Waals surface area contributed by atoms with E-state index in [2.05, 4.69) is 15.1 Å². The van der Waals surface area contributed by atoms with Crippen LogP contribution < -0.4 is 0 Å². The zero-order valence-electron chi connectivity index (χ0n) is 5.27. The summed E-state index contributed by atoms with van der Waals surface area (Å²) < 4.78 is 4.59. The van der Waals surface area contributed by atoms with Gasteiger partial charge in [-0.1, -0.05) is 0 Å². The van der Waals surface area contributed by atoms with Crippen molar-refractivity contribution in [2.45, 2.75) is 26.3 Å². The molecule has 52 valence electrons. The maximum absolute atomic E-state index is 9.64. The van der Waals surface area contributed by atoms with Crippen molar-refractivity contribution in [1.29, 1.82) is 0 Å². The predicted molar refractivity (Wildman–Crippen MR) is 31.6 cm³/mol. The van der Waals surface area contributed by atoms with Crippen molar-refractivity contribution in [3.8, 4) is 0 Å². The molecule has 0 spiro atoms. The van der Waals surface area contributed by atoms with Crippen molar-refractivity contribution >= 4 is 0 Å². The molecular formula is C4H8N2O3. The minimum absolute atomic E-state index is 0.794. The minimum atomic E-state index is -0.794. The van der Waals surface area contributed by atoms with E-state index in [0.717, 1.165) is 0 Å². The third-order valence-corrected chi connectivity index (χ3v) is 0.691. The Labute approximate surface area is 52.3 Å². The highest BCUT2D eigenvalue weighted by Crippen LogP contribution is 1.98. The Morgan fingerprint density at radius 3 is 1.67 bits per heavy atom. The largest absolute Gasteiger partial charge is 0.325 e. The molecule has 0 aliphatic rings. The van der Waals surface area contributed by atoms with Crippen LogP contribution in [0.5, 0.6) is 0 Å². The standard InChI is InChI=1S/C4H8N2O3/c1-3(5-7)9-4(2)6-8/h3-4H,1-2H3. The third kappa shape index (κ3) is 3.72. The summed E-state index contributed by atoms with van der Waals surface area (Å²) in [4.78, 5) is 19.3. The first-order valence-electron chi connectivity index (χ1n) is 2.51. The Morgan fingerprint density at radius 1 is 1.11 bits per heavy atom. The van der Waals surface area contributed by atoms with Crippen LogP contribution >= 0.6 is 0 Å². The number of hydrogen-bond donors (Lipinski definition) is 0. The van der Waals surface area contributed by atoms with Gasteiger partial charge in [-0.3, -0.25) is 0 Å². The smallest absolute Gasteiger partial charge is 0.189 e. The van der Waals surface area contributed by atoms with E-state index in [0.29, 0.717) is 0 Å². The third-order valence-electron chi connectivity index (χ3n) is 0.691. The maximum atomic E-state index is 9.64. The monoisotopic (exact) mass is 132 g/mol. The number of nitroso groups, excluding NO2 is 2. The van der Waals surface area contributed by atoms with E-state index in [1.54, 1.807) is 0 Å². The molecular weight excluding hydrogens is 124 g/mol. The molecule has 0 bridgehead atoms. The summed E-state index contributed by atoms with van der Waals surface area (Å²) in [6.07, 6.45) is -1.59. The Balaban J connectivity index is 3.45. The van der Waals surface area contributed by atoms with Crippen LogP contribution in [0.3, 0.4) is 0 Å². The average Bonchev–Trinajstić information content (AvgIpc) is 1.87. The first-order chi connectivity index (χ1) is 4.20. The zero-order chi connectivity index (χ0) is 7.28. The fourth-order valence-corrected chi connectivity index (χ4v) is 0.335. The number of hydrogen-bond acceptors (Lipinski definition) is 5. The van der Waals surface area contributed by atoms with Gasteiger partial charge in [-0.2, -0.15) is 0 Å². The van der Waals surface area contributed by atoms with Crippen molar-refractivity contribution in [3.05, 3.63) is 9.81 Å². The highest BCUT2D eigenvalue weighted by molar-refractivity contribution is 4.47. The van der Waals surface area contributed by atoms with E-state index >= 15 is 0 Å². The summed E-state index contributed by atoms with van der Waals surface area (Å²) >= 11 is 0. The SMILES string of the molecule is CC(N=O)OC(C)N=O. The Bertz CT molecular complexity index is 94.0. The van der Waals surface area contributed by atoms with Gasteiger partial charge < -0.3 is 4.74 Å². The van der Waals surface area contributed by atoms with E-state index in [-0.39, 0.29) is 0 Å². The molecule has 0 N–H and O–H groups in total. The van der Waals surface area contributed by atoms with Crippen LogP contribution in [0.15, 0.2) is 10.4 Å². The van der Waals surface area contributed by atoms with Crippen molar-refractivity contribution < 1.29 is 4.74 Å². The van der Waals surface area contributed by atoms with Gasteiger partial charge in [-0.15, -0.1) is 9.81 Å². The van der Waals surface area contributed by atoms with Gasteiger partial charge in [-0.25, -0.2) is 0 Å². The molecule has 9 heavy (non-hydrogen) atoms. The molecule has 0 fully saturated rings. The Kier molecular flexibility index (Phi) is 3.70. The van der Waals surface area contributed by atoms with Crippen LogP contribution in [0, 0.1) is 9.81 Å². The molecule has 5 nitrogen and oxygen atoms in total. The molecule has 2 atom stereocenters. The average molecular weight is 132 g/mol. The molecule has 0 saturated heterocycles. The van der Waals surface area contributed by atoms with Gasteiger partial charge in [0.1, 0.15) is 0 Å². The van der Waals surface area contributed by atoms with Crippen molar-refractivity contribution in [3.63, 3.8) is 0 Å². The summed E-state index contributed by atoms with van der Waals surface area (Å²) in [7, 11) is 0. The van der Waals surface area contributed by atoms with Crippen LogP contribution in [-0.4, -0.2) is 12.5 Å². The van der Waals surface area contributed by atoms with E-state index in [4.69, 9.17) is 0 Å². The van der Waals surface area contributed by atoms with Gasteiger partial charge in [0.2, 0.25) is 0 Å². The lowest BCUT2D eigenvalue weighted by Gasteiger charge is -2.04. The fraction of sp³-hybridized carbons (Fsp3) is 1.00. The summed E-state index contributed by atoms with van der Waals surface area (Å²) in [5.41, 5.74) is 0. The van der Waals surface area contributed by atoms with E-state index in [1.165, 1.54) is 13.8 Å². The topological polar surface area (TPSA) is 68.1 Å². The molecule has 5 heteroatoms. The number of ether oxygens (including phenoxy) is 1. The van der Waals surface area contributed by atoms with Gasteiger partial charge >= 0.3 is 0 Å². The van der Waals surface area contributed by atoms with Crippen LogP contribution in [0.1, 0.15) is 13.8 Å². The van der Waals surface area contributed by atoms with Crippen molar-refractivity contribution in [2.24, 2.45) is 10.4 Å². The molecule has 0 amide bonds. The number of nitrogens with zero attached hydrogens (tertiary/aromatic N) is 2. The van der Waals surface area contributed by atoms with Crippen molar-refractivity contribution in [2.75, 3.05) is 0 Å². The lowest BCUT2D eigenvalue weighted by molar-refractivity contribution is 0.0171. The molecule has 0 rings (SSSR count). The first kappa shape index (κ1) is 8.16. The Morgan fingerprint density at radius 2 is 1.44 bits per heavy atom. The van der Waals surface area contributed by atoms with Crippen molar-refractivity contribution in [1.82, 2.24) is 0 Å². The van der Waals surface area contributed by atoms with Gasteiger partial charge in [0.05, 0.1) is 0 Å². The normalized spacial score (nSPS) is 16.2. The number of rotatable bonds is 4. The molecule has 0 saturated carbocycles. The van der Waals surface area contributed by atoms with Gasteiger partial charge in [-0.05, 0) is 24.2 Å². The highest BCUT2D eigenvalue weighted by atomic mass is 16.5. The first-order valence-corrected chi connectivity index (χ1v) is 2.51. The molecule has 0 aromatic carbocycles. The zero-order valence-corrected chi connectivity index (χ0v) is 5.27. The van der Waals surface area contributed by atoms with Gasteiger partial charge in [0.25, 0.3) is 0 Å². The summed E-state index contributed by atoms with van der Waals surface area (Å²) in [6.45, 7) is 2.88. The Hall–Kier alpha value is -0.840. The minimum Gasteiger partial charge on any atom is -0.325 e. The van der Waals surface area contributed by atoms with E-state index in [1.807, 2.05) is 0 Å². The molecule has 0 aliphatic heterocycles. The molecule has 0 aliphatic carbocycles. The summed E-state index contributed by atoms with van der Waals surface area (Å²) in [6, 6.07) is 0. The fourth-order valence-electron chi connectivity index (χ4n) is 0.335. The lowest BCUT2D eigenvalue weighted by atomic mass is 10.6. The second-order valence-corrected chi connectivity index (χ2v) is 1.55. The van der Waals surface area contributed by atoms with Crippen LogP contribution in [0.2, 0.25) is 0 Å². The second kappa shape index (κ2) is 4.08. The molecule has 0 aromatic heterocycles. The van der Waals surface area contributed by atoms with Gasteiger partial charge in [0, 0.05) is 0 Å². The highest BCUT2D eigenvalue weighted by Gasteiger charge is 2.06. The summed E-state index contributed by atoms with van der Waals surface area (Å²) in [5, 5.41) is 5.01. The predicted octanol–water partition coefficient (Wildman–Crippen LogP) is 1.23. The molecule has 0 radical (unpaired) electrons. The van der Waals surface area contributed by atoms with Crippen LogP contribution in [-0.2, 0) is 4.74 Å². The summed E-state index contributed by atoms with van der Waals surface area (Å²) in [5.74, 6) is 0. The van der Waals surface area contributed by atoms with Crippen LogP contribution in [0.25, 0.3) is 0 Å². The van der Waals surface area contributed by atoms with E-state index < -0.39 is 12.5 Å². The quantitative estimate of drug-likeness (QED) is 0.540. The van der Waals surface area contributed by atoms with Crippen LogP contribution in [0.4, 0.5) is 0 Å². The van der Waals surface area contributed by atoms with Gasteiger partial charge in [0.15, 0.2) is 12.5 Å². The lowest BCUT2D eigenvalue weighted by Crippen LogP contribution is -2.11. The maximum Gasteiger partial charge on any atom is 0.189 e.